The monoisotopic (exact) mass is 138 g/mol. The van der Waals surface area contributed by atoms with E-state index in [9.17, 15) is 0 Å². The molecule has 1 heterocycles. The van der Waals surface area contributed by atoms with Gasteiger partial charge in [-0.2, -0.15) is 0 Å². The van der Waals surface area contributed by atoms with Gasteiger partial charge in [-0.25, -0.2) is 0 Å². The van der Waals surface area contributed by atoms with Crippen LogP contribution < -0.4 is 5.32 Å². The van der Waals surface area contributed by atoms with Gasteiger partial charge in [0.15, 0.2) is 0 Å². The quantitative estimate of drug-likeness (QED) is 0.539. The fourth-order valence-electron chi connectivity index (χ4n) is 2.32. The predicted octanol–water partition coefficient (Wildman–Crippen LogP) is 1.95. The fourth-order valence-corrected chi connectivity index (χ4v) is 2.32. The van der Waals surface area contributed by atoms with Gasteiger partial charge in [0.05, 0.1) is 0 Å². The van der Waals surface area contributed by atoms with Crippen LogP contribution in [0.3, 0.4) is 0 Å². The molecule has 0 aromatic carbocycles. The van der Waals surface area contributed by atoms with E-state index in [4.69, 9.17) is 0 Å². The maximum atomic E-state index is 3.36. The number of hydrogen-bond donors (Lipinski definition) is 1. The molecule has 1 heteroatoms. The molecule has 1 saturated carbocycles. The minimum atomic E-state index is 0.919. The molecule has 0 amide bonds. The molecule has 1 nitrogen and oxygen atoms in total. The van der Waals surface area contributed by atoms with Crippen molar-refractivity contribution in [3.05, 3.63) is 6.54 Å². The Labute approximate surface area is 63.2 Å². The zero-order valence-corrected chi connectivity index (χ0v) is 6.47. The van der Waals surface area contributed by atoms with Crippen LogP contribution in [0, 0.1) is 18.4 Å². The second kappa shape index (κ2) is 2.91. The van der Waals surface area contributed by atoms with E-state index >= 15 is 0 Å². The molecule has 0 bridgehead atoms. The summed E-state index contributed by atoms with van der Waals surface area (Å²) in [4.78, 5) is 0. The Hall–Kier alpha value is -0.0400. The molecule has 0 unspecified atom stereocenters. The van der Waals surface area contributed by atoms with Crippen molar-refractivity contribution >= 4 is 0 Å². The Kier molecular flexibility index (Phi) is 1.94. The van der Waals surface area contributed by atoms with E-state index < -0.39 is 0 Å². The summed E-state index contributed by atoms with van der Waals surface area (Å²) in [5, 5.41) is 3.36. The van der Waals surface area contributed by atoms with Crippen LogP contribution in [0.2, 0.25) is 0 Å². The SMILES string of the molecule is [CH]1NCC[C@H]2CCCC[C@@H]12. The smallest absolute Gasteiger partial charge is 0.0254 e. The highest BCUT2D eigenvalue weighted by Crippen LogP contribution is 2.34. The van der Waals surface area contributed by atoms with Crippen LogP contribution >= 0.6 is 0 Å². The minimum absolute atomic E-state index is 0.919. The Bertz CT molecular complexity index is 85.3. The first-order valence-electron chi connectivity index (χ1n) is 4.53. The van der Waals surface area contributed by atoms with Crippen molar-refractivity contribution < 1.29 is 0 Å². The fraction of sp³-hybridized carbons (Fsp3) is 0.889. The second-order valence-electron chi connectivity index (χ2n) is 3.62. The third-order valence-electron chi connectivity index (χ3n) is 2.96. The van der Waals surface area contributed by atoms with E-state index in [1.165, 1.54) is 38.6 Å². The summed E-state index contributed by atoms with van der Waals surface area (Å²) in [6.45, 7) is 3.56. The van der Waals surface area contributed by atoms with Crippen LogP contribution in [0.25, 0.3) is 0 Å². The van der Waals surface area contributed by atoms with Crippen molar-refractivity contribution in [1.82, 2.24) is 5.32 Å². The van der Waals surface area contributed by atoms with Gasteiger partial charge in [0, 0.05) is 6.54 Å². The zero-order chi connectivity index (χ0) is 6.81. The lowest BCUT2D eigenvalue weighted by atomic mass is 9.76. The average molecular weight is 138 g/mol. The summed E-state index contributed by atoms with van der Waals surface area (Å²) in [6.07, 6.45) is 7.29. The first-order chi connectivity index (χ1) is 4.97. The largest absolute Gasteiger partial charge is 0.312 e. The molecule has 1 aliphatic heterocycles. The molecule has 57 valence electrons. The molecule has 1 N–H and O–H groups in total. The first kappa shape index (κ1) is 6.66. The highest BCUT2D eigenvalue weighted by Gasteiger charge is 2.27. The van der Waals surface area contributed by atoms with Crippen LogP contribution in [0.15, 0.2) is 0 Å². The van der Waals surface area contributed by atoms with Gasteiger partial charge in [-0.3, -0.25) is 0 Å². The lowest BCUT2D eigenvalue weighted by Gasteiger charge is -2.35. The standard InChI is InChI=1S/C9H16N/c1-2-4-9-7-10-6-5-8(9)3-1/h7-10H,1-6H2/t8-,9+/m1/s1. The van der Waals surface area contributed by atoms with Gasteiger partial charge in [0.25, 0.3) is 0 Å². The summed E-state index contributed by atoms with van der Waals surface area (Å²) in [5.41, 5.74) is 0. The Morgan fingerprint density at radius 3 is 2.90 bits per heavy atom. The topological polar surface area (TPSA) is 12.0 Å². The molecule has 0 aromatic heterocycles. The van der Waals surface area contributed by atoms with Crippen LogP contribution in [-0.4, -0.2) is 6.54 Å². The molecular formula is C9H16N. The highest BCUT2D eigenvalue weighted by atomic mass is 14.9. The third kappa shape index (κ3) is 1.20. The van der Waals surface area contributed by atoms with E-state index in [2.05, 4.69) is 11.9 Å². The van der Waals surface area contributed by atoms with Crippen molar-refractivity contribution in [2.75, 3.05) is 6.54 Å². The molecule has 1 radical (unpaired) electrons. The lowest BCUT2D eigenvalue weighted by Crippen LogP contribution is -2.34. The van der Waals surface area contributed by atoms with Gasteiger partial charge in [-0.1, -0.05) is 19.3 Å². The minimum Gasteiger partial charge on any atom is -0.312 e. The first-order valence-corrected chi connectivity index (χ1v) is 4.53. The summed E-state index contributed by atoms with van der Waals surface area (Å²) in [5.74, 6) is 1.96. The molecule has 2 fully saturated rings. The maximum Gasteiger partial charge on any atom is 0.0254 e. The number of nitrogens with one attached hydrogen (secondary N) is 1. The molecule has 2 aliphatic rings. The Morgan fingerprint density at radius 2 is 2.00 bits per heavy atom. The summed E-state index contributed by atoms with van der Waals surface area (Å²) in [6, 6.07) is 0. The van der Waals surface area contributed by atoms with E-state index in [-0.39, 0.29) is 0 Å². The van der Waals surface area contributed by atoms with Crippen LogP contribution in [-0.2, 0) is 0 Å². The number of hydrogen-bond acceptors (Lipinski definition) is 1. The van der Waals surface area contributed by atoms with Crippen molar-refractivity contribution in [3.63, 3.8) is 0 Å². The van der Waals surface area contributed by atoms with Crippen molar-refractivity contribution in [2.45, 2.75) is 32.1 Å². The molecule has 1 aliphatic carbocycles. The van der Waals surface area contributed by atoms with Crippen LogP contribution in [0.1, 0.15) is 32.1 Å². The summed E-state index contributed by atoms with van der Waals surface area (Å²) in [7, 11) is 0. The van der Waals surface area contributed by atoms with E-state index in [0.29, 0.717) is 0 Å². The Balaban J connectivity index is 1.93. The van der Waals surface area contributed by atoms with Crippen LogP contribution in [0.5, 0.6) is 0 Å². The van der Waals surface area contributed by atoms with Gasteiger partial charge in [-0.05, 0) is 31.2 Å². The predicted molar refractivity (Wildman–Crippen MR) is 42.4 cm³/mol. The normalized spacial score (nSPS) is 40.8. The van der Waals surface area contributed by atoms with E-state index in [1.54, 1.807) is 0 Å². The molecule has 2 rings (SSSR count). The van der Waals surface area contributed by atoms with Crippen molar-refractivity contribution in [3.8, 4) is 0 Å². The van der Waals surface area contributed by atoms with Gasteiger partial charge >= 0.3 is 0 Å². The molecule has 0 spiro atoms. The second-order valence-corrected chi connectivity index (χ2v) is 3.62. The molecular weight excluding hydrogens is 122 g/mol. The van der Waals surface area contributed by atoms with Gasteiger partial charge < -0.3 is 5.32 Å². The summed E-state index contributed by atoms with van der Waals surface area (Å²) >= 11 is 0. The number of piperidine rings is 1. The van der Waals surface area contributed by atoms with E-state index in [0.717, 1.165) is 11.8 Å². The van der Waals surface area contributed by atoms with Gasteiger partial charge in [0.1, 0.15) is 0 Å². The third-order valence-corrected chi connectivity index (χ3v) is 2.96. The zero-order valence-electron chi connectivity index (χ0n) is 6.47. The van der Waals surface area contributed by atoms with Crippen molar-refractivity contribution in [2.24, 2.45) is 11.8 Å². The number of rotatable bonds is 0. The molecule has 1 saturated heterocycles. The van der Waals surface area contributed by atoms with Gasteiger partial charge in [0.2, 0.25) is 0 Å². The highest BCUT2D eigenvalue weighted by molar-refractivity contribution is 4.88. The van der Waals surface area contributed by atoms with Crippen molar-refractivity contribution in [1.29, 1.82) is 0 Å². The van der Waals surface area contributed by atoms with Crippen LogP contribution in [0.4, 0.5) is 0 Å². The van der Waals surface area contributed by atoms with E-state index in [1.807, 2.05) is 0 Å². The lowest BCUT2D eigenvalue weighted by molar-refractivity contribution is 0.216. The summed E-state index contributed by atoms with van der Waals surface area (Å²) < 4.78 is 0. The maximum absolute atomic E-state index is 3.36. The average Bonchev–Trinajstić information content (AvgIpc) is 2.05. The van der Waals surface area contributed by atoms with Gasteiger partial charge in [-0.15, -0.1) is 0 Å². The molecule has 0 aromatic rings. The molecule has 2 atom stereocenters. The number of fused-ring (bicyclic) bond motifs is 1. The Morgan fingerprint density at radius 1 is 1.10 bits per heavy atom. The molecule has 10 heavy (non-hydrogen) atoms.